The summed E-state index contributed by atoms with van der Waals surface area (Å²) in [4.78, 5) is 0. The second-order valence-corrected chi connectivity index (χ2v) is 8.90. The van der Waals surface area contributed by atoms with Crippen molar-refractivity contribution < 1.29 is 4.57 Å². The first-order chi connectivity index (χ1) is 16.2. The number of fused-ring (bicyclic) bond motifs is 5. The van der Waals surface area contributed by atoms with Gasteiger partial charge in [-0.15, -0.1) is 0 Å². The van der Waals surface area contributed by atoms with E-state index < -0.39 is 0 Å². The Hall–Kier alpha value is -4.42. The van der Waals surface area contributed by atoms with Gasteiger partial charge >= 0.3 is 0 Å². The molecule has 0 bridgehead atoms. The highest BCUT2D eigenvalue weighted by molar-refractivity contribution is 6.26. The van der Waals surface area contributed by atoms with Crippen molar-refractivity contribution in [3.05, 3.63) is 96.2 Å². The average molecular weight is 423 g/mol. The highest BCUT2D eigenvalue weighted by Gasteiger charge is 2.25. The predicted molar refractivity (Wildman–Crippen MR) is 135 cm³/mol. The maximum Gasteiger partial charge on any atom is 0.224 e. The van der Waals surface area contributed by atoms with Crippen molar-refractivity contribution in [3.63, 3.8) is 0 Å². The first-order valence-electron chi connectivity index (χ1n) is 11.2. The van der Waals surface area contributed by atoms with Crippen molar-refractivity contribution in [2.24, 2.45) is 7.05 Å². The van der Waals surface area contributed by atoms with Gasteiger partial charge < -0.3 is 4.40 Å². The van der Waals surface area contributed by atoms with Crippen molar-refractivity contribution >= 4 is 49.0 Å². The zero-order valence-corrected chi connectivity index (χ0v) is 18.4. The summed E-state index contributed by atoms with van der Waals surface area (Å²) in [6, 6.07) is 30.2. The molecule has 0 fully saturated rings. The Balaban J connectivity index is 1.87. The summed E-state index contributed by atoms with van der Waals surface area (Å²) in [5.74, 6) is 0. The number of nitriles is 1. The number of aryl methyl sites for hydroxylation is 2. The van der Waals surface area contributed by atoms with E-state index in [1.165, 1.54) is 49.4 Å². The van der Waals surface area contributed by atoms with Gasteiger partial charge in [0.05, 0.1) is 39.0 Å². The molecule has 33 heavy (non-hydrogen) atoms. The molecule has 0 saturated carbocycles. The summed E-state index contributed by atoms with van der Waals surface area (Å²) < 4.78 is 4.62. The predicted octanol–water partition coefficient (Wildman–Crippen LogP) is 6.66. The van der Waals surface area contributed by atoms with Crippen LogP contribution in [0.15, 0.2) is 85.1 Å². The molecule has 0 aliphatic heterocycles. The van der Waals surface area contributed by atoms with E-state index in [9.17, 15) is 5.26 Å². The van der Waals surface area contributed by atoms with Crippen LogP contribution in [-0.4, -0.2) is 4.40 Å². The smallest absolute Gasteiger partial charge is 0.224 e. The third-order valence-corrected chi connectivity index (χ3v) is 7.08. The molecule has 0 spiro atoms. The van der Waals surface area contributed by atoms with E-state index in [1.54, 1.807) is 0 Å². The van der Waals surface area contributed by atoms with Crippen LogP contribution in [-0.2, 0) is 7.05 Å². The lowest BCUT2D eigenvalue weighted by Crippen LogP contribution is -2.28. The molecule has 3 heteroatoms. The Morgan fingerprint density at radius 3 is 2.45 bits per heavy atom. The molecule has 0 saturated heterocycles. The molecule has 0 radical (unpaired) electrons. The molecule has 0 aliphatic carbocycles. The topological polar surface area (TPSA) is 32.1 Å². The maximum atomic E-state index is 9.92. The largest absolute Gasteiger partial charge is 0.307 e. The molecule has 0 N–H and O–H groups in total. The summed E-state index contributed by atoms with van der Waals surface area (Å²) in [5.41, 5.74) is 9.03. The fourth-order valence-corrected chi connectivity index (χ4v) is 5.65. The minimum atomic E-state index is 0.719. The van der Waals surface area contributed by atoms with E-state index in [1.807, 2.05) is 12.1 Å². The first kappa shape index (κ1) is 18.2. The zero-order chi connectivity index (χ0) is 22.3. The molecule has 154 valence electrons. The van der Waals surface area contributed by atoms with Gasteiger partial charge in [0, 0.05) is 16.8 Å². The Morgan fingerprint density at radius 2 is 1.64 bits per heavy atom. The molecule has 3 heterocycles. The van der Waals surface area contributed by atoms with Crippen molar-refractivity contribution in [2.75, 3.05) is 0 Å². The monoisotopic (exact) mass is 422 g/mol. The van der Waals surface area contributed by atoms with Crippen LogP contribution in [0.4, 0.5) is 0 Å². The fourth-order valence-electron chi connectivity index (χ4n) is 5.65. The van der Waals surface area contributed by atoms with Gasteiger partial charge in [-0.25, -0.2) is 4.57 Å². The summed E-state index contributed by atoms with van der Waals surface area (Å²) in [7, 11) is 2.13. The highest BCUT2D eigenvalue weighted by atomic mass is 15.0. The van der Waals surface area contributed by atoms with Crippen molar-refractivity contribution in [1.29, 1.82) is 5.26 Å². The van der Waals surface area contributed by atoms with E-state index in [4.69, 9.17) is 0 Å². The van der Waals surface area contributed by atoms with Gasteiger partial charge in [0.2, 0.25) is 5.52 Å². The van der Waals surface area contributed by atoms with Crippen molar-refractivity contribution in [1.82, 2.24) is 4.40 Å². The van der Waals surface area contributed by atoms with Crippen LogP contribution in [0.3, 0.4) is 0 Å². The maximum absolute atomic E-state index is 9.92. The van der Waals surface area contributed by atoms with E-state index >= 15 is 0 Å². The van der Waals surface area contributed by atoms with Crippen LogP contribution in [0.25, 0.3) is 60.1 Å². The van der Waals surface area contributed by atoms with Gasteiger partial charge in [-0.2, -0.15) is 5.26 Å². The lowest BCUT2D eigenvalue weighted by molar-refractivity contribution is -0.643. The molecule has 0 atom stereocenters. The van der Waals surface area contributed by atoms with Gasteiger partial charge in [-0.05, 0) is 53.3 Å². The molecule has 0 amide bonds. The minimum Gasteiger partial charge on any atom is -0.307 e. The van der Waals surface area contributed by atoms with Crippen LogP contribution in [0.1, 0.15) is 11.1 Å². The minimum absolute atomic E-state index is 0.719. The second-order valence-electron chi connectivity index (χ2n) is 8.90. The number of benzene rings is 4. The molecule has 0 aliphatic rings. The number of hydrogen-bond donors (Lipinski definition) is 0. The number of aromatic nitrogens is 2. The second kappa shape index (κ2) is 6.31. The van der Waals surface area contributed by atoms with Gasteiger partial charge in [-0.1, -0.05) is 48.5 Å². The van der Waals surface area contributed by atoms with Crippen LogP contribution >= 0.6 is 0 Å². The van der Waals surface area contributed by atoms with Crippen LogP contribution in [0.2, 0.25) is 0 Å². The summed E-state index contributed by atoms with van der Waals surface area (Å²) in [6.45, 7) is 2.18. The van der Waals surface area contributed by atoms with Crippen LogP contribution < -0.4 is 4.57 Å². The lowest BCUT2D eigenvalue weighted by Gasteiger charge is -2.14. The Morgan fingerprint density at radius 1 is 0.788 bits per heavy atom. The van der Waals surface area contributed by atoms with E-state index in [0.29, 0.717) is 0 Å². The van der Waals surface area contributed by atoms with Crippen LogP contribution in [0.5, 0.6) is 0 Å². The zero-order valence-electron chi connectivity index (χ0n) is 18.4. The molecular weight excluding hydrogens is 402 g/mol. The van der Waals surface area contributed by atoms with Gasteiger partial charge in [0.1, 0.15) is 7.05 Å². The molecule has 3 aromatic heterocycles. The summed E-state index contributed by atoms with van der Waals surface area (Å²) in [5, 5.41) is 15.8. The van der Waals surface area contributed by atoms with Gasteiger partial charge in [0.25, 0.3) is 0 Å². The third kappa shape index (κ3) is 2.25. The van der Waals surface area contributed by atoms with E-state index in [2.05, 4.69) is 102 Å². The van der Waals surface area contributed by atoms with Crippen molar-refractivity contribution in [2.45, 2.75) is 6.92 Å². The summed E-state index contributed by atoms with van der Waals surface area (Å²) >= 11 is 0. The van der Waals surface area contributed by atoms with Crippen molar-refractivity contribution in [3.8, 4) is 17.2 Å². The molecule has 0 unspecified atom stereocenters. The summed E-state index contributed by atoms with van der Waals surface area (Å²) in [6.07, 6.45) is 2.16. The third-order valence-electron chi connectivity index (χ3n) is 7.08. The van der Waals surface area contributed by atoms with Crippen LogP contribution in [0, 0.1) is 18.3 Å². The number of rotatable bonds is 1. The Bertz CT molecular complexity index is 1940. The molecule has 4 aromatic carbocycles. The van der Waals surface area contributed by atoms with Gasteiger partial charge in [-0.3, -0.25) is 0 Å². The fraction of sp³-hybridized carbons (Fsp3) is 0.0667. The molecular formula is C30H20N3+. The molecule has 7 aromatic rings. The SMILES string of the molecule is Cc1ccc2c3c(C#N)cccc3n3c4cc(-c5ccccc5)cc5cc[n+](C)c(c1c23)c54. The van der Waals surface area contributed by atoms with E-state index in [-0.39, 0.29) is 0 Å². The number of nitrogens with zero attached hydrogens (tertiary/aromatic N) is 3. The molecule has 7 rings (SSSR count). The highest BCUT2D eigenvalue weighted by Crippen LogP contribution is 2.42. The standard InChI is InChI=1S/C30H20N3/c1-18-11-12-23-27-21(17-31)9-6-10-24(27)33-25-16-22(19-7-4-3-5-8-19)15-20-13-14-32(2)30(28(20)25)26(18)29(23)33/h3-16H,1-2H3/q+1. The lowest BCUT2D eigenvalue weighted by atomic mass is 9.96. The van der Waals surface area contributed by atoms with Gasteiger partial charge in [0.15, 0.2) is 6.20 Å². The number of pyridine rings is 2. The quantitative estimate of drug-likeness (QED) is 0.165. The normalized spacial score (nSPS) is 11.9. The Labute approximate surface area is 190 Å². The number of hydrogen-bond acceptors (Lipinski definition) is 1. The first-order valence-corrected chi connectivity index (χ1v) is 11.2. The Kier molecular flexibility index (Phi) is 3.47. The molecule has 3 nitrogen and oxygen atoms in total. The van der Waals surface area contributed by atoms with E-state index in [0.717, 1.165) is 21.9 Å². The average Bonchev–Trinajstić information content (AvgIpc) is 3.20.